The number of fused-ring (bicyclic) bond motifs is 5. The quantitative estimate of drug-likeness (QED) is 0.759. The van der Waals surface area contributed by atoms with E-state index in [-0.39, 0.29) is 0 Å². The van der Waals surface area contributed by atoms with Gasteiger partial charge in [0.15, 0.2) is 0 Å². The maximum Gasteiger partial charge on any atom is 0.137 e. The molecule has 0 aromatic carbocycles. The van der Waals surface area contributed by atoms with Crippen LogP contribution in [0, 0.1) is 40.9 Å². The molecule has 1 aromatic heterocycles. The normalized spacial score (nSPS) is 47.8. The van der Waals surface area contributed by atoms with Gasteiger partial charge in [0.05, 0.1) is 12.1 Å². The van der Waals surface area contributed by atoms with Gasteiger partial charge in [-0.05, 0) is 106 Å². The third kappa shape index (κ3) is 2.98. The zero-order chi connectivity index (χ0) is 19.5. The minimum atomic E-state index is -0.408. The van der Waals surface area contributed by atoms with Gasteiger partial charge in [0.1, 0.15) is 12.7 Å². The van der Waals surface area contributed by atoms with Crippen molar-refractivity contribution < 1.29 is 5.11 Å². The van der Waals surface area contributed by atoms with E-state index in [1.807, 2.05) is 11.0 Å². The molecule has 0 bridgehead atoms. The molecule has 8 atom stereocenters. The van der Waals surface area contributed by atoms with Gasteiger partial charge in [-0.1, -0.05) is 19.1 Å². The minimum absolute atomic E-state index is 0.408. The van der Waals surface area contributed by atoms with Crippen molar-refractivity contribution in [2.24, 2.45) is 40.9 Å². The molecule has 4 fully saturated rings. The standard InChI is InChI=1S/C24H37N3O/c1-16(13-27-15-25-14-26-27)21-6-7-22-20-5-4-17-12-23(2,28)10-8-18(17)19(20)9-11-24(21,22)3/h14-15,17-22,28H,1,4-13H2,2-3H3/t17-,18-,19+,20+,21+,22-,23+,24+/m0/s1. The lowest BCUT2D eigenvalue weighted by atomic mass is 9.49. The molecule has 0 radical (unpaired) electrons. The molecule has 0 unspecified atom stereocenters. The Kier molecular flexibility index (Phi) is 4.50. The number of aromatic nitrogens is 3. The molecule has 0 spiro atoms. The molecule has 0 amide bonds. The van der Waals surface area contributed by atoms with E-state index < -0.39 is 5.60 Å². The first-order valence-electron chi connectivity index (χ1n) is 11.6. The van der Waals surface area contributed by atoms with Crippen LogP contribution in [-0.2, 0) is 6.54 Å². The van der Waals surface area contributed by atoms with Gasteiger partial charge in [-0.2, -0.15) is 5.10 Å². The maximum absolute atomic E-state index is 10.6. The fourth-order valence-corrected chi connectivity index (χ4v) is 8.38. The van der Waals surface area contributed by atoms with E-state index in [1.54, 1.807) is 6.33 Å². The fourth-order valence-electron chi connectivity index (χ4n) is 8.38. The molecule has 1 heterocycles. The van der Waals surface area contributed by atoms with Gasteiger partial charge in [-0.3, -0.25) is 0 Å². The lowest BCUT2D eigenvalue weighted by molar-refractivity contribution is -0.0979. The number of hydrogen-bond acceptors (Lipinski definition) is 3. The van der Waals surface area contributed by atoms with Crippen molar-refractivity contribution in [3.8, 4) is 0 Å². The van der Waals surface area contributed by atoms with Crippen LogP contribution in [0.3, 0.4) is 0 Å². The van der Waals surface area contributed by atoms with Crippen LogP contribution in [0.5, 0.6) is 0 Å². The highest BCUT2D eigenvalue weighted by Gasteiger charge is 2.57. The predicted octanol–water partition coefficient (Wildman–Crippen LogP) is 4.85. The summed E-state index contributed by atoms with van der Waals surface area (Å²) in [6.07, 6.45) is 14.9. The molecular formula is C24H37N3O. The van der Waals surface area contributed by atoms with Crippen molar-refractivity contribution in [1.82, 2.24) is 14.8 Å². The van der Waals surface area contributed by atoms with Crippen molar-refractivity contribution in [3.05, 3.63) is 24.8 Å². The molecule has 154 valence electrons. The molecule has 4 aliphatic carbocycles. The highest BCUT2D eigenvalue weighted by atomic mass is 16.3. The Bertz CT molecular complexity index is 726. The van der Waals surface area contributed by atoms with Crippen LogP contribution in [-0.4, -0.2) is 25.5 Å². The van der Waals surface area contributed by atoms with Gasteiger partial charge in [0.2, 0.25) is 0 Å². The number of aliphatic hydroxyl groups is 1. The van der Waals surface area contributed by atoms with E-state index in [9.17, 15) is 5.11 Å². The van der Waals surface area contributed by atoms with Gasteiger partial charge >= 0.3 is 0 Å². The largest absolute Gasteiger partial charge is 0.390 e. The zero-order valence-corrected chi connectivity index (χ0v) is 17.7. The smallest absolute Gasteiger partial charge is 0.137 e. The van der Waals surface area contributed by atoms with E-state index >= 15 is 0 Å². The first-order valence-corrected chi connectivity index (χ1v) is 11.6. The van der Waals surface area contributed by atoms with Crippen molar-refractivity contribution in [2.75, 3.05) is 0 Å². The molecule has 1 aromatic rings. The molecule has 1 N–H and O–H groups in total. The van der Waals surface area contributed by atoms with Gasteiger partial charge in [-0.25, -0.2) is 9.67 Å². The summed E-state index contributed by atoms with van der Waals surface area (Å²) in [6.45, 7) is 9.98. The molecule has 4 aliphatic rings. The Morgan fingerprint density at radius 2 is 1.89 bits per heavy atom. The lowest BCUT2D eigenvalue weighted by Gasteiger charge is -2.57. The van der Waals surface area contributed by atoms with Gasteiger partial charge in [0.25, 0.3) is 0 Å². The summed E-state index contributed by atoms with van der Waals surface area (Å²) in [5.41, 5.74) is 1.37. The predicted molar refractivity (Wildman–Crippen MR) is 110 cm³/mol. The first-order chi connectivity index (χ1) is 13.4. The second kappa shape index (κ2) is 6.68. The van der Waals surface area contributed by atoms with Crippen molar-refractivity contribution in [1.29, 1.82) is 0 Å². The molecule has 4 nitrogen and oxygen atoms in total. The fraction of sp³-hybridized carbons (Fsp3) is 0.833. The SMILES string of the molecule is C=C(Cn1cncn1)[C@H]1CC[C@H]2[C@@H]3CC[C@H]4C[C@](C)(O)CC[C@@H]4[C@H]3CC[C@]12C. The third-order valence-corrected chi connectivity index (χ3v) is 9.56. The summed E-state index contributed by atoms with van der Waals surface area (Å²) < 4.78 is 1.93. The van der Waals surface area contributed by atoms with Crippen LogP contribution in [0.2, 0.25) is 0 Å². The number of allylic oxidation sites excluding steroid dienone is 1. The summed E-state index contributed by atoms with van der Waals surface area (Å²) in [5, 5.41) is 14.9. The van der Waals surface area contributed by atoms with Crippen molar-refractivity contribution >= 4 is 0 Å². The Balaban J connectivity index is 1.32. The number of rotatable bonds is 3. The average molecular weight is 384 g/mol. The van der Waals surface area contributed by atoms with E-state index in [0.717, 1.165) is 49.0 Å². The molecule has 0 saturated heterocycles. The average Bonchev–Trinajstić information content (AvgIpc) is 3.27. The van der Waals surface area contributed by atoms with Crippen LogP contribution in [0.1, 0.15) is 71.6 Å². The molecule has 4 heteroatoms. The molecule has 4 saturated carbocycles. The Morgan fingerprint density at radius 3 is 2.68 bits per heavy atom. The Hall–Kier alpha value is -1.16. The van der Waals surface area contributed by atoms with E-state index in [2.05, 4.69) is 30.5 Å². The molecule has 5 rings (SSSR count). The van der Waals surface area contributed by atoms with E-state index in [1.165, 1.54) is 50.5 Å². The second-order valence-corrected chi connectivity index (χ2v) is 11.1. The first kappa shape index (κ1) is 18.8. The number of nitrogens with zero attached hydrogens (tertiary/aromatic N) is 3. The summed E-state index contributed by atoms with van der Waals surface area (Å²) >= 11 is 0. The van der Waals surface area contributed by atoms with Crippen molar-refractivity contribution in [2.45, 2.75) is 83.8 Å². The summed E-state index contributed by atoms with van der Waals surface area (Å²) in [4.78, 5) is 4.10. The highest BCUT2D eigenvalue weighted by Crippen LogP contribution is 2.65. The van der Waals surface area contributed by atoms with E-state index in [0.29, 0.717) is 11.3 Å². The second-order valence-electron chi connectivity index (χ2n) is 11.1. The van der Waals surface area contributed by atoms with E-state index in [4.69, 9.17) is 0 Å². The zero-order valence-electron chi connectivity index (χ0n) is 17.7. The Morgan fingerprint density at radius 1 is 1.07 bits per heavy atom. The van der Waals surface area contributed by atoms with Crippen LogP contribution >= 0.6 is 0 Å². The topological polar surface area (TPSA) is 50.9 Å². The van der Waals surface area contributed by atoms with Crippen LogP contribution < -0.4 is 0 Å². The van der Waals surface area contributed by atoms with Gasteiger partial charge in [-0.15, -0.1) is 0 Å². The van der Waals surface area contributed by atoms with Crippen molar-refractivity contribution in [3.63, 3.8) is 0 Å². The highest BCUT2D eigenvalue weighted by molar-refractivity contribution is 5.15. The van der Waals surface area contributed by atoms with Crippen LogP contribution in [0.25, 0.3) is 0 Å². The summed E-state index contributed by atoms with van der Waals surface area (Å²) in [6, 6.07) is 0. The third-order valence-electron chi connectivity index (χ3n) is 9.56. The number of hydrogen-bond donors (Lipinski definition) is 1. The van der Waals surface area contributed by atoms with Crippen LogP contribution in [0.15, 0.2) is 24.8 Å². The monoisotopic (exact) mass is 383 g/mol. The summed E-state index contributed by atoms with van der Waals surface area (Å²) in [7, 11) is 0. The Labute approximate surface area is 169 Å². The van der Waals surface area contributed by atoms with Gasteiger partial charge < -0.3 is 5.11 Å². The molecule has 28 heavy (non-hydrogen) atoms. The summed E-state index contributed by atoms with van der Waals surface area (Å²) in [5.74, 6) is 4.97. The molecule has 0 aliphatic heterocycles. The molecular weight excluding hydrogens is 346 g/mol. The lowest BCUT2D eigenvalue weighted by Crippen LogP contribution is -2.50. The van der Waals surface area contributed by atoms with Crippen LogP contribution in [0.4, 0.5) is 0 Å². The minimum Gasteiger partial charge on any atom is -0.390 e. The van der Waals surface area contributed by atoms with Gasteiger partial charge in [0, 0.05) is 0 Å². The maximum atomic E-state index is 10.6.